The molecule has 8 heteroatoms. The summed E-state index contributed by atoms with van der Waals surface area (Å²) in [4.78, 5) is -0.472. The first-order valence-electron chi connectivity index (χ1n) is 5.74. The van der Waals surface area contributed by atoms with Crippen molar-refractivity contribution in [1.82, 2.24) is 0 Å². The predicted molar refractivity (Wildman–Crippen MR) is 73.1 cm³/mol. The van der Waals surface area contributed by atoms with Crippen LogP contribution in [0.25, 0.3) is 0 Å². The van der Waals surface area contributed by atoms with Crippen molar-refractivity contribution in [2.24, 2.45) is 0 Å². The van der Waals surface area contributed by atoms with E-state index in [4.69, 9.17) is 5.73 Å². The summed E-state index contributed by atoms with van der Waals surface area (Å²) in [5, 5.41) is 0. The summed E-state index contributed by atoms with van der Waals surface area (Å²) in [5.74, 6) is 0. The lowest BCUT2D eigenvalue weighted by atomic mass is 10.2. The normalized spacial score (nSPS) is 12.1. The minimum absolute atomic E-state index is 0.174. The molecule has 0 aromatic heterocycles. The molecule has 0 spiro atoms. The minimum atomic E-state index is -4.61. The highest BCUT2D eigenvalue weighted by atomic mass is 32.2. The van der Waals surface area contributed by atoms with Gasteiger partial charge in [0.2, 0.25) is 0 Å². The Morgan fingerprint density at radius 2 is 1.67 bits per heavy atom. The van der Waals surface area contributed by atoms with E-state index >= 15 is 0 Å². The molecule has 0 bridgehead atoms. The molecule has 0 amide bonds. The maximum absolute atomic E-state index is 12.6. The zero-order valence-electron chi connectivity index (χ0n) is 10.6. The second-order valence-corrected chi connectivity index (χ2v) is 5.94. The van der Waals surface area contributed by atoms with Crippen molar-refractivity contribution in [3.05, 3.63) is 54.1 Å². The molecule has 2 aromatic carbocycles. The van der Waals surface area contributed by atoms with Gasteiger partial charge >= 0.3 is 6.18 Å². The van der Waals surface area contributed by atoms with Crippen molar-refractivity contribution in [3.8, 4) is 0 Å². The molecule has 0 aliphatic heterocycles. The molecule has 21 heavy (non-hydrogen) atoms. The van der Waals surface area contributed by atoms with Gasteiger partial charge in [0.1, 0.15) is 0 Å². The zero-order chi connectivity index (χ0) is 15.7. The highest BCUT2D eigenvalue weighted by Gasteiger charge is 2.31. The fraction of sp³-hybridized carbons (Fsp3) is 0.0769. The van der Waals surface area contributed by atoms with E-state index in [1.807, 2.05) is 0 Å². The van der Waals surface area contributed by atoms with E-state index < -0.39 is 26.7 Å². The van der Waals surface area contributed by atoms with Crippen LogP contribution < -0.4 is 10.5 Å². The molecule has 0 heterocycles. The molecule has 0 aliphatic carbocycles. The van der Waals surface area contributed by atoms with Crippen molar-refractivity contribution in [2.45, 2.75) is 11.1 Å². The number of halogens is 3. The molecule has 0 saturated heterocycles. The van der Waals surface area contributed by atoms with Crippen molar-refractivity contribution in [1.29, 1.82) is 0 Å². The average molecular weight is 316 g/mol. The summed E-state index contributed by atoms with van der Waals surface area (Å²) >= 11 is 0. The maximum Gasteiger partial charge on any atom is 0.416 e. The van der Waals surface area contributed by atoms with Gasteiger partial charge in [-0.2, -0.15) is 13.2 Å². The molecule has 112 valence electrons. The number of anilines is 2. The topological polar surface area (TPSA) is 72.2 Å². The highest BCUT2D eigenvalue weighted by molar-refractivity contribution is 7.92. The fourth-order valence-corrected chi connectivity index (χ4v) is 2.75. The number of nitrogens with two attached hydrogens (primary N) is 1. The van der Waals surface area contributed by atoms with Crippen molar-refractivity contribution >= 4 is 21.4 Å². The third-order valence-corrected chi connectivity index (χ3v) is 3.99. The van der Waals surface area contributed by atoms with E-state index in [0.29, 0.717) is 11.8 Å². The Morgan fingerprint density at radius 1 is 1.00 bits per heavy atom. The van der Waals surface area contributed by atoms with Crippen LogP contribution >= 0.6 is 0 Å². The molecular weight excluding hydrogens is 305 g/mol. The molecule has 0 saturated carbocycles. The summed E-state index contributed by atoms with van der Waals surface area (Å²) in [6.45, 7) is 0. The van der Waals surface area contributed by atoms with Crippen LogP contribution in [0.15, 0.2) is 53.4 Å². The van der Waals surface area contributed by atoms with Crippen LogP contribution in [0.1, 0.15) is 5.56 Å². The van der Waals surface area contributed by atoms with Crippen LogP contribution in [0.3, 0.4) is 0 Å². The van der Waals surface area contributed by atoms with Gasteiger partial charge in [0.05, 0.1) is 16.1 Å². The third-order valence-electron chi connectivity index (χ3n) is 2.61. The lowest BCUT2D eigenvalue weighted by Gasteiger charge is -2.11. The first-order valence-corrected chi connectivity index (χ1v) is 7.22. The van der Waals surface area contributed by atoms with E-state index in [0.717, 1.165) is 18.2 Å². The number of hydrogen-bond donors (Lipinski definition) is 2. The molecule has 2 aromatic rings. The highest BCUT2D eigenvalue weighted by Crippen LogP contribution is 2.30. The smallest absolute Gasteiger partial charge is 0.399 e. The molecular formula is C13H11F3N2O2S. The molecule has 0 radical (unpaired) electrons. The van der Waals surface area contributed by atoms with E-state index in [-0.39, 0.29) is 5.69 Å². The number of nitrogen functional groups attached to an aromatic ring is 1. The second kappa shape index (κ2) is 5.28. The Labute approximate surface area is 119 Å². The predicted octanol–water partition coefficient (Wildman–Crippen LogP) is 3.09. The Kier molecular flexibility index (Phi) is 3.82. The van der Waals surface area contributed by atoms with E-state index in [2.05, 4.69) is 4.72 Å². The largest absolute Gasteiger partial charge is 0.416 e. The number of hydrogen-bond acceptors (Lipinski definition) is 3. The van der Waals surface area contributed by atoms with E-state index in [1.54, 1.807) is 6.07 Å². The molecule has 0 atom stereocenters. The van der Waals surface area contributed by atoms with Gasteiger partial charge in [-0.05, 0) is 36.4 Å². The van der Waals surface area contributed by atoms with E-state index in [1.165, 1.54) is 18.2 Å². The van der Waals surface area contributed by atoms with Gasteiger partial charge in [0.15, 0.2) is 0 Å². The zero-order valence-corrected chi connectivity index (χ0v) is 11.4. The van der Waals surface area contributed by atoms with Crippen LogP contribution in [-0.2, 0) is 16.2 Å². The Balaban J connectivity index is 2.36. The van der Waals surface area contributed by atoms with E-state index in [9.17, 15) is 21.6 Å². The molecule has 0 fully saturated rings. The summed E-state index contributed by atoms with van der Waals surface area (Å²) < 4.78 is 64.1. The quantitative estimate of drug-likeness (QED) is 0.855. The van der Waals surface area contributed by atoms with Gasteiger partial charge in [-0.1, -0.05) is 12.1 Å². The van der Waals surface area contributed by atoms with Crippen LogP contribution in [0, 0.1) is 0 Å². The number of rotatable bonds is 3. The van der Waals surface area contributed by atoms with Gasteiger partial charge < -0.3 is 5.73 Å². The SMILES string of the molecule is Nc1cccc(NS(=O)(=O)c2cccc(C(F)(F)F)c2)c1. The number of sulfonamides is 1. The van der Waals surface area contributed by atoms with Gasteiger partial charge in [0.25, 0.3) is 10.0 Å². The first-order chi connectivity index (χ1) is 9.68. The minimum Gasteiger partial charge on any atom is -0.399 e. The summed E-state index contributed by atoms with van der Waals surface area (Å²) in [6.07, 6.45) is -4.61. The third kappa shape index (κ3) is 3.66. The molecule has 0 unspecified atom stereocenters. The summed E-state index contributed by atoms with van der Waals surface area (Å²) in [7, 11) is -4.12. The Bertz CT molecular complexity index is 758. The molecule has 4 nitrogen and oxygen atoms in total. The van der Waals surface area contributed by atoms with Gasteiger partial charge in [-0.25, -0.2) is 8.42 Å². The van der Waals surface area contributed by atoms with Crippen LogP contribution in [0.4, 0.5) is 24.5 Å². The van der Waals surface area contributed by atoms with Crippen molar-refractivity contribution in [2.75, 3.05) is 10.5 Å². The molecule has 0 aliphatic rings. The second-order valence-electron chi connectivity index (χ2n) is 4.26. The number of nitrogens with one attached hydrogen (secondary N) is 1. The van der Waals surface area contributed by atoms with Gasteiger partial charge in [-0.15, -0.1) is 0 Å². The van der Waals surface area contributed by atoms with Gasteiger partial charge in [-0.3, -0.25) is 4.72 Å². The molecule has 3 N–H and O–H groups in total. The Morgan fingerprint density at radius 3 is 2.29 bits per heavy atom. The maximum atomic E-state index is 12.6. The fourth-order valence-electron chi connectivity index (χ4n) is 1.66. The molecule has 2 rings (SSSR count). The van der Waals surface area contributed by atoms with Crippen LogP contribution in [-0.4, -0.2) is 8.42 Å². The first kappa shape index (κ1) is 15.2. The standard InChI is InChI=1S/C13H11F3N2O2S/c14-13(15,16)9-3-1-6-12(7-9)21(19,20)18-11-5-2-4-10(17)8-11/h1-8,18H,17H2. The van der Waals surface area contributed by atoms with Crippen LogP contribution in [0.5, 0.6) is 0 Å². The van der Waals surface area contributed by atoms with Crippen molar-refractivity contribution < 1.29 is 21.6 Å². The summed E-state index contributed by atoms with van der Waals surface area (Å²) in [6, 6.07) is 9.41. The summed E-state index contributed by atoms with van der Waals surface area (Å²) in [5.41, 5.74) is 4.99. The van der Waals surface area contributed by atoms with Crippen molar-refractivity contribution in [3.63, 3.8) is 0 Å². The average Bonchev–Trinajstić information content (AvgIpc) is 2.37. The van der Waals surface area contributed by atoms with Gasteiger partial charge in [0, 0.05) is 5.69 Å². The number of benzene rings is 2. The lowest BCUT2D eigenvalue weighted by Crippen LogP contribution is -2.14. The monoisotopic (exact) mass is 316 g/mol. The van der Waals surface area contributed by atoms with Crippen LogP contribution in [0.2, 0.25) is 0 Å². The Hall–Kier alpha value is -2.22. The number of alkyl halides is 3. The lowest BCUT2D eigenvalue weighted by molar-refractivity contribution is -0.137.